The Labute approximate surface area is 329 Å². The lowest BCUT2D eigenvalue weighted by Crippen LogP contribution is -2.34. The summed E-state index contributed by atoms with van der Waals surface area (Å²) in [5, 5.41) is 2.09. The van der Waals surface area contributed by atoms with Crippen LogP contribution in [0.2, 0.25) is 0 Å². The highest BCUT2D eigenvalue weighted by Gasteiger charge is 2.49. The zero-order valence-corrected chi connectivity index (χ0v) is 30.7. The highest BCUT2D eigenvalue weighted by Crippen LogP contribution is 2.61. The molecular formula is C53H32N2O2. The van der Waals surface area contributed by atoms with Crippen molar-refractivity contribution < 1.29 is 9.15 Å². The molecule has 1 atom stereocenters. The Hall–Kier alpha value is -7.56. The molecule has 1 spiro atoms. The standard InChI is InChI=1S/C53H32N2O2/c1-3-15-33(16-4-1)46-32-47(55-52(54-46)34-17-5-2-6-18-34)35-27-28-39-37-20-8-7-19-36(37)38-21-9-11-23-42(38)53(44(39)29-35)43-24-12-14-26-49(43)57-51-30-41-40-22-10-13-25-48(40)56-50(41)31-45(51)53/h1-32H. The number of hydrogen-bond donors (Lipinski definition) is 0. The average Bonchev–Trinajstić information content (AvgIpc) is 3.60. The third-order valence-electron chi connectivity index (χ3n) is 11.8. The van der Waals surface area contributed by atoms with E-state index in [0.717, 1.165) is 83.8 Å². The molecule has 2 aliphatic rings. The summed E-state index contributed by atoms with van der Waals surface area (Å²) in [5.41, 5.74) is 14.7. The number of rotatable bonds is 3. The van der Waals surface area contributed by atoms with Crippen LogP contribution in [0.1, 0.15) is 22.3 Å². The smallest absolute Gasteiger partial charge is 0.160 e. The van der Waals surface area contributed by atoms with Crippen LogP contribution in [0, 0.1) is 0 Å². The summed E-state index contributed by atoms with van der Waals surface area (Å²) >= 11 is 0. The summed E-state index contributed by atoms with van der Waals surface area (Å²) in [6.07, 6.45) is 0. The number of nitrogens with zero attached hydrogens (tertiary/aromatic N) is 2. The van der Waals surface area contributed by atoms with Crippen molar-refractivity contribution in [1.29, 1.82) is 0 Å². The summed E-state index contributed by atoms with van der Waals surface area (Å²) < 4.78 is 13.6. The van der Waals surface area contributed by atoms with Crippen LogP contribution in [-0.2, 0) is 5.41 Å². The molecule has 0 N–H and O–H groups in total. The minimum absolute atomic E-state index is 0.682. The molecule has 0 fully saturated rings. The minimum atomic E-state index is -0.810. The predicted octanol–water partition coefficient (Wildman–Crippen LogP) is 13.5. The summed E-state index contributed by atoms with van der Waals surface area (Å²) in [6.45, 7) is 0. The van der Waals surface area contributed by atoms with Crippen LogP contribution in [0.3, 0.4) is 0 Å². The number of furan rings is 1. The number of aromatic nitrogens is 2. The van der Waals surface area contributed by atoms with Gasteiger partial charge in [-0.3, -0.25) is 0 Å². The Kier molecular flexibility index (Phi) is 6.81. The van der Waals surface area contributed by atoms with E-state index in [1.54, 1.807) is 0 Å². The second-order valence-corrected chi connectivity index (χ2v) is 14.8. The monoisotopic (exact) mass is 728 g/mol. The van der Waals surface area contributed by atoms with Crippen molar-refractivity contribution in [3.8, 4) is 67.7 Å². The fourth-order valence-corrected chi connectivity index (χ4v) is 9.30. The van der Waals surface area contributed by atoms with Crippen LogP contribution in [0.5, 0.6) is 11.5 Å². The van der Waals surface area contributed by atoms with Crippen molar-refractivity contribution in [3.63, 3.8) is 0 Å². The number of ether oxygens (including phenoxy) is 1. The molecule has 57 heavy (non-hydrogen) atoms. The number of hydrogen-bond acceptors (Lipinski definition) is 4. The van der Waals surface area contributed by atoms with Crippen molar-refractivity contribution in [2.45, 2.75) is 5.41 Å². The van der Waals surface area contributed by atoms with E-state index < -0.39 is 5.41 Å². The van der Waals surface area contributed by atoms with Gasteiger partial charge in [0.2, 0.25) is 0 Å². The van der Waals surface area contributed by atoms with Crippen LogP contribution >= 0.6 is 0 Å². The van der Waals surface area contributed by atoms with Gasteiger partial charge in [-0.25, -0.2) is 9.97 Å². The molecule has 0 saturated carbocycles. The second kappa shape index (κ2) is 12.2. The first kappa shape index (κ1) is 31.8. The second-order valence-electron chi connectivity index (χ2n) is 14.8. The van der Waals surface area contributed by atoms with Crippen molar-refractivity contribution >= 4 is 21.9 Å². The molecule has 0 radical (unpaired) electrons. The van der Waals surface area contributed by atoms with Crippen molar-refractivity contribution in [2.24, 2.45) is 0 Å². The summed E-state index contributed by atoms with van der Waals surface area (Å²) in [4.78, 5) is 10.4. The zero-order chi connectivity index (χ0) is 37.5. The Morgan fingerprint density at radius 2 is 0.965 bits per heavy atom. The molecule has 2 aromatic heterocycles. The van der Waals surface area contributed by atoms with Crippen molar-refractivity contribution in [3.05, 3.63) is 216 Å². The zero-order valence-electron chi connectivity index (χ0n) is 30.7. The van der Waals surface area contributed by atoms with Crippen LogP contribution in [0.25, 0.3) is 78.1 Å². The van der Waals surface area contributed by atoms with Gasteiger partial charge < -0.3 is 9.15 Å². The third-order valence-corrected chi connectivity index (χ3v) is 11.8. The molecule has 10 aromatic rings. The first-order valence-electron chi connectivity index (χ1n) is 19.3. The van der Waals surface area contributed by atoms with E-state index in [4.69, 9.17) is 19.1 Å². The fraction of sp³-hybridized carbons (Fsp3) is 0.0189. The molecule has 4 nitrogen and oxygen atoms in total. The Bertz CT molecular complexity index is 3160. The average molecular weight is 729 g/mol. The van der Waals surface area contributed by atoms with Crippen LogP contribution in [-0.4, -0.2) is 9.97 Å². The minimum Gasteiger partial charge on any atom is -0.457 e. The van der Waals surface area contributed by atoms with Crippen molar-refractivity contribution in [2.75, 3.05) is 0 Å². The van der Waals surface area contributed by atoms with Crippen molar-refractivity contribution in [1.82, 2.24) is 9.97 Å². The van der Waals surface area contributed by atoms with Gasteiger partial charge in [-0.05, 0) is 69.8 Å². The van der Waals surface area contributed by atoms with E-state index in [1.165, 1.54) is 22.3 Å². The number of fused-ring (bicyclic) bond motifs is 14. The molecule has 1 aliphatic carbocycles. The highest BCUT2D eigenvalue weighted by atomic mass is 16.5. The van der Waals surface area contributed by atoms with Crippen LogP contribution < -0.4 is 4.74 Å². The van der Waals surface area contributed by atoms with Gasteiger partial charge in [-0.2, -0.15) is 0 Å². The third kappa shape index (κ3) is 4.68. The molecule has 12 rings (SSSR count). The molecule has 0 bridgehead atoms. The maximum absolute atomic E-state index is 6.96. The van der Waals surface area contributed by atoms with E-state index in [-0.39, 0.29) is 0 Å². The lowest BCUT2D eigenvalue weighted by atomic mass is 9.62. The van der Waals surface area contributed by atoms with Gasteiger partial charge in [0, 0.05) is 38.6 Å². The predicted molar refractivity (Wildman–Crippen MR) is 228 cm³/mol. The Morgan fingerprint density at radius 3 is 1.75 bits per heavy atom. The summed E-state index contributed by atoms with van der Waals surface area (Å²) in [6, 6.07) is 68.5. The van der Waals surface area contributed by atoms with E-state index in [0.29, 0.717) is 5.82 Å². The topological polar surface area (TPSA) is 48.2 Å². The molecule has 0 saturated heterocycles. The van der Waals surface area contributed by atoms with Crippen LogP contribution in [0.15, 0.2) is 199 Å². The van der Waals surface area contributed by atoms with Crippen LogP contribution in [0.4, 0.5) is 0 Å². The SMILES string of the molecule is c1ccc(-c2cc(-c3ccc4c(c3)C3(c5ccccc5Oc5cc6c(cc53)oc3ccccc36)c3ccccc3-c3ccccc3-4)nc(-c3ccccc3)n2)cc1. The molecule has 3 heterocycles. The first-order chi connectivity index (χ1) is 28.2. The van der Waals surface area contributed by atoms with Gasteiger partial charge in [0.05, 0.1) is 16.8 Å². The van der Waals surface area contributed by atoms with E-state index in [1.807, 2.05) is 36.4 Å². The van der Waals surface area contributed by atoms with Gasteiger partial charge in [0.15, 0.2) is 5.82 Å². The number of benzene rings is 8. The molecule has 1 aliphatic heterocycles. The molecule has 4 heteroatoms. The van der Waals surface area contributed by atoms with Gasteiger partial charge in [-0.15, -0.1) is 0 Å². The maximum atomic E-state index is 6.96. The lowest BCUT2D eigenvalue weighted by Gasteiger charge is -2.42. The number of para-hydroxylation sites is 2. The molecule has 266 valence electrons. The lowest BCUT2D eigenvalue weighted by molar-refractivity contribution is 0.435. The fourth-order valence-electron chi connectivity index (χ4n) is 9.30. The van der Waals surface area contributed by atoms with E-state index >= 15 is 0 Å². The highest BCUT2D eigenvalue weighted by molar-refractivity contribution is 6.06. The van der Waals surface area contributed by atoms with Gasteiger partial charge in [0.1, 0.15) is 22.7 Å². The summed E-state index contributed by atoms with van der Waals surface area (Å²) in [5.74, 6) is 2.32. The van der Waals surface area contributed by atoms with Gasteiger partial charge >= 0.3 is 0 Å². The summed E-state index contributed by atoms with van der Waals surface area (Å²) in [7, 11) is 0. The van der Waals surface area contributed by atoms with Gasteiger partial charge in [0.25, 0.3) is 0 Å². The normalized spacial score (nSPS) is 14.9. The molecule has 0 amide bonds. The Balaban J connectivity index is 1.22. The quantitative estimate of drug-likeness (QED) is 0.182. The molecule has 8 aromatic carbocycles. The molecular weight excluding hydrogens is 697 g/mol. The first-order valence-corrected chi connectivity index (χ1v) is 19.3. The molecule has 1 unspecified atom stereocenters. The Morgan fingerprint density at radius 1 is 0.351 bits per heavy atom. The maximum Gasteiger partial charge on any atom is 0.160 e. The van der Waals surface area contributed by atoms with E-state index in [2.05, 4.69) is 158 Å². The van der Waals surface area contributed by atoms with Gasteiger partial charge in [-0.1, -0.05) is 158 Å². The van der Waals surface area contributed by atoms with E-state index in [9.17, 15) is 0 Å². The largest absolute Gasteiger partial charge is 0.457 e.